The van der Waals surface area contributed by atoms with E-state index >= 15 is 0 Å². The Labute approximate surface area is 152 Å². The molecule has 0 unspecified atom stereocenters. The van der Waals surface area contributed by atoms with Gasteiger partial charge in [-0.1, -0.05) is 24.3 Å². The number of carbonyl (C=O) groups is 3. The van der Waals surface area contributed by atoms with Crippen LogP contribution in [0.25, 0.3) is 0 Å². The van der Waals surface area contributed by atoms with Gasteiger partial charge in [-0.25, -0.2) is 9.59 Å². The topological polar surface area (TPSA) is 89.9 Å². The molecule has 0 aromatic rings. The first kappa shape index (κ1) is 19.8. The zero-order valence-electron chi connectivity index (χ0n) is 15.2. The predicted octanol–water partition coefficient (Wildman–Crippen LogP) is 2.19. The number of fused-ring (bicyclic) bond motifs is 1. The normalized spacial score (nSPS) is 33.9. The minimum atomic E-state index is -1.38. The number of aldehydes is 1. The Morgan fingerprint density at radius 1 is 1.46 bits per heavy atom. The SMILES string of the molecule is C=C1C(=O)O[C@@H]2/C=C(/C)CC/C=C(/C=O)[C@@H](O)[C@@H](OC(=O)/C(C)=C\C)[C@@H]12. The number of allylic oxidation sites excluding steroid dienone is 3. The zero-order chi connectivity index (χ0) is 19.4. The lowest BCUT2D eigenvalue weighted by Gasteiger charge is -2.30. The van der Waals surface area contributed by atoms with Crippen molar-refractivity contribution in [3.63, 3.8) is 0 Å². The Kier molecular flexibility index (Phi) is 6.32. The van der Waals surface area contributed by atoms with Gasteiger partial charge in [-0.2, -0.15) is 0 Å². The zero-order valence-corrected chi connectivity index (χ0v) is 15.2. The maximum Gasteiger partial charge on any atom is 0.334 e. The van der Waals surface area contributed by atoms with Gasteiger partial charge in [0.05, 0.1) is 5.92 Å². The van der Waals surface area contributed by atoms with Gasteiger partial charge in [-0.3, -0.25) is 4.79 Å². The third-order valence-corrected chi connectivity index (χ3v) is 4.77. The van der Waals surface area contributed by atoms with E-state index in [4.69, 9.17) is 9.47 Å². The molecule has 2 aliphatic rings. The van der Waals surface area contributed by atoms with Gasteiger partial charge in [-0.05, 0) is 39.7 Å². The third kappa shape index (κ3) is 4.02. The molecule has 0 spiro atoms. The molecule has 4 atom stereocenters. The summed E-state index contributed by atoms with van der Waals surface area (Å²) in [6.07, 6.45) is 3.47. The van der Waals surface area contributed by atoms with Crippen LogP contribution in [-0.2, 0) is 23.9 Å². The van der Waals surface area contributed by atoms with E-state index in [0.717, 1.165) is 5.57 Å². The lowest BCUT2D eigenvalue weighted by Crippen LogP contribution is -2.43. The summed E-state index contributed by atoms with van der Waals surface area (Å²) in [5.74, 6) is -2.01. The van der Waals surface area contributed by atoms with Crippen LogP contribution in [0.3, 0.4) is 0 Å². The van der Waals surface area contributed by atoms with Crippen LogP contribution in [0.2, 0.25) is 0 Å². The fourth-order valence-electron chi connectivity index (χ4n) is 3.06. The summed E-state index contributed by atoms with van der Waals surface area (Å²) in [4.78, 5) is 35.8. The lowest BCUT2D eigenvalue weighted by molar-refractivity contribution is -0.153. The quantitative estimate of drug-likeness (QED) is 0.359. The van der Waals surface area contributed by atoms with E-state index in [2.05, 4.69) is 6.58 Å². The molecule has 26 heavy (non-hydrogen) atoms. The van der Waals surface area contributed by atoms with Crippen molar-refractivity contribution in [2.75, 3.05) is 0 Å². The molecule has 1 aliphatic heterocycles. The first-order chi connectivity index (χ1) is 12.3. The van der Waals surface area contributed by atoms with E-state index < -0.39 is 36.2 Å². The van der Waals surface area contributed by atoms with Crippen molar-refractivity contribution in [3.05, 3.63) is 47.1 Å². The second kappa shape index (κ2) is 8.27. The number of hydrogen-bond donors (Lipinski definition) is 1. The van der Waals surface area contributed by atoms with Crippen molar-refractivity contribution in [2.45, 2.75) is 51.9 Å². The molecule has 0 radical (unpaired) electrons. The summed E-state index contributed by atoms with van der Waals surface area (Å²) in [6.45, 7) is 8.91. The van der Waals surface area contributed by atoms with Crippen molar-refractivity contribution < 1.29 is 29.0 Å². The Morgan fingerprint density at radius 2 is 2.15 bits per heavy atom. The first-order valence-corrected chi connectivity index (χ1v) is 8.54. The van der Waals surface area contributed by atoms with Crippen molar-refractivity contribution in [3.8, 4) is 0 Å². The number of ether oxygens (including phenoxy) is 2. The van der Waals surface area contributed by atoms with Gasteiger partial charge >= 0.3 is 11.9 Å². The molecule has 140 valence electrons. The highest BCUT2D eigenvalue weighted by Crippen LogP contribution is 2.36. The number of hydrogen-bond acceptors (Lipinski definition) is 6. The van der Waals surface area contributed by atoms with Crippen molar-refractivity contribution in [1.29, 1.82) is 0 Å². The van der Waals surface area contributed by atoms with Crippen molar-refractivity contribution >= 4 is 18.2 Å². The van der Waals surface area contributed by atoms with Gasteiger partial charge in [0.2, 0.25) is 0 Å². The molecular formula is C20H24O6. The van der Waals surface area contributed by atoms with Crippen molar-refractivity contribution in [1.82, 2.24) is 0 Å². The van der Waals surface area contributed by atoms with E-state index in [1.165, 1.54) is 0 Å². The summed E-state index contributed by atoms with van der Waals surface area (Å²) >= 11 is 0. The molecule has 1 fully saturated rings. The van der Waals surface area contributed by atoms with Gasteiger partial charge in [0, 0.05) is 16.7 Å². The van der Waals surface area contributed by atoms with Gasteiger partial charge in [-0.15, -0.1) is 0 Å². The molecule has 1 aliphatic carbocycles. The number of aliphatic hydroxyl groups is 1. The number of rotatable bonds is 3. The highest BCUT2D eigenvalue weighted by Gasteiger charge is 2.47. The van der Waals surface area contributed by atoms with Crippen LogP contribution >= 0.6 is 0 Å². The maximum absolute atomic E-state index is 12.3. The van der Waals surface area contributed by atoms with Gasteiger partial charge < -0.3 is 14.6 Å². The van der Waals surface area contributed by atoms with Gasteiger partial charge in [0.15, 0.2) is 0 Å². The smallest absolute Gasteiger partial charge is 0.334 e. The molecule has 0 aromatic heterocycles. The highest BCUT2D eigenvalue weighted by atomic mass is 16.6. The molecular weight excluding hydrogens is 336 g/mol. The van der Waals surface area contributed by atoms with Crippen LogP contribution in [0.5, 0.6) is 0 Å². The third-order valence-electron chi connectivity index (χ3n) is 4.77. The van der Waals surface area contributed by atoms with Crippen LogP contribution in [0.1, 0.15) is 33.6 Å². The van der Waals surface area contributed by atoms with Crippen LogP contribution in [0.4, 0.5) is 0 Å². The summed E-state index contributed by atoms with van der Waals surface area (Å²) in [5.41, 5.74) is 1.54. The lowest BCUT2D eigenvalue weighted by atomic mass is 9.84. The summed E-state index contributed by atoms with van der Waals surface area (Å²) in [6, 6.07) is 0. The monoisotopic (exact) mass is 360 g/mol. The van der Waals surface area contributed by atoms with E-state index in [-0.39, 0.29) is 11.1 Å². The van der Waals surface area contributed by atoms with Crippen LogP contribution < -0.4 is 0 Å². The molecule has 1 N–H and O–H groups in total. The number of esters is 2. The van der Waals surface area contributed by atoms with Crippen molar-refractivity contribution in [2.24, 2.45) is 5.92 Å². The van der Waals surface area contributed by atoms with Crippen LogP contribution in [0.15, 0.2) is 47.1 Å². The minimum Gasteiger partial charge on any atom is -0.455 e. The van der Waals surface area contributed by atoms with E-state index in [9.17, 15) is 19.5 Å². The molecule has 0 bridgehead atoms. The molecule has 1 saturated heterocycles. The fourth-order valence-corrected chi connectivity index (χ4v) is 3.06. The molecule has 6 heteroatoms. The average Bonchev–Trinajstić information content (AvgIpc) is 2.88. The van der Waals surface area contributed by atoms with E-state index in [1.54, 1.807) is 32.1 Å². The minimum absolute atomic E-state index is 0.111. The summed E-state index contributed by atoms with van der Waals surface area (Å²) in [5, 5.41) is 10.7. The number of aliphatic hydroxyl groups excluding tert-OH is 1. The first-order valence-electron chi connectivity index (χ1n) is 8.54. The Morgan fingerprint density at radius 3 is 2.77 bits per heavy atom. The van der Waals surface area contributed by atoms with Gasteiger partial charge in [0.1, 0.15) is 24.6 Å². The molecule has 0 saturated carbocycles. The molecule has 1 heterocycles. The fraction of sp³-hybridized carbons (Fsp3) is 0.450. The Balaban J connectivity index is 2.52. The molecule has 0 aromatic carbocycles. The largest absolute Gasteiger partial charge is 0.455 e. The van der Waals surface area contributed by atoms with Crippen LogP contribution in [0, 0.1) is 5.92 Å². The Hall–Kier alpha value is -2.47. The molecule has 6 nitrogen and oxygen atoms in total. The second-order valence-corrected chi connectivity index (χ2v) is 6.58. The van der Waals surface area contributed by atoms with Crippen LogP contribution in [-0.4, -0.2) is 41.6 Å². The average molecular weight is 360 g/mol. The second-order valence-electron chi connectivity index (χ2n) is 6.58. The standard InChI is InChI=1S/C20H24O6/c1-5-12(3)19(23)26-18-16-13(4)20(24)25-15(16)9-11(2)7-6-8-14(10-21)17(18)22/h5,8-10,15-18,22H,4,6-7H2,1-3H3/b11-9-,12-5-,14-8-/t15-,16+,17-,18+/m1/s1. The summed E-state index contributed by atoms with van der Waals surface area (Å²) < 4.78 is 10.9. The Bertz CT molecular complexity index is 712. The molecule has 2 rings (SSSR count). The highest BCUT2D eigenvalue weighted by molar-refractivity contribution is 5.92. The summed E-state index contributed by atoms with van der Waals surface area (Å²) in [7, 11) is 0. The van der Waals surface area contributed by atoms with E-state index in [1.807, 2.05) is 6.92 Å². The molecule has 0 amide bonds. The van der Waals surface area contributed by atoms with E-state index in [0.29, 0.717) is 24.7 Å². The predicted molar refractivity (Wildman–Crippen MR) is 95.0 cm³/mol. The van der Waals surface area contributed by atoms with Gasteiger partial charge in [0.25, 0.3) is 0 Å². The maximum atomic E-state index is 12.3. The number of carbonyl (C=O) groups excluding carboxylic acids is 3.